The molecule has 0 atom stereocenters. The van der Waals surface area contributed by atoms with Gasteiger partial charge < -0.3 is 16.0 Å². The molecule has 2 aromatic rings. The van der Waals surface area contributed by atoms with Gasteiger partial charge in [0.25, 0.3) is 11.8 Å². The van der Waals surface area contributed by atoms with Crippen molar-refractivity contribution in [2.45, 2.75) is 6.42 Å². The third-order valence-corrected chi connectivity index (χ3v) is 3.67. The summed E-state index contributed by atoms with van der Waals surface area (Å²) in [5.74, 6) is -3.33. The monoisotopic (exact) mass is 387 g/mol. The first-order valence-corrected chi connectivity index (χ1v) is 8.43. The molecule has 0 saturated carbocycles. The second-order valence-electron chi connectivity index (χ2n) is 5.72. The maximum atomic E-state index is 13.6. The van der Waals surface area contributed by atoms with Gasteiger partial charge in [0.2, 0.25) is 5.91 Å². The van der Waals surface area contributed by atoms with Gasteiger partial charge in [-0.05, 0) is 24.3 Å². The minimum absolute atomic E-state index is 0.0632. The van der Waals surface area contributed by atoms with E-state index in [1.165, 1.54) is 6.08 Å². The molecule has 0 aliphatic rings. The van der Waals surface area contributed by atoms with E-state index in [2.05, 4.69) is 22.5 Å². The summed E-state index contributed by atoms with van der Waals surface area (Å²) < 4.78 is 26.4. The molecule has 6 nitrogen and oxygen atoms in total. The van der Waals surface area contributed by atoms with Gasteiger partial charge in [0.15, 0.2) is 0 Å². The average molecular weight is 387 g/mol. The SMILES string of the molecule is C=CCNC(=O)c1ccccc1NC(=O)CCNC(=O)c1ccc(F)cc1F. The van der Waals surface area contributed by atoms with Gasteiger partial charge in [-0.3, -0.25) is 14.4 Å². The molecule has 0 aromatic heterocycles. The second kappa shape index (κ2) is 9.96. The molecule has 3 amide bonds. The lowest BCUT2D eigenvalue weighted by Crippen LogP contribution is -2.29. The van der Waals surface area contributed by atoms with Crippen LogP contribution in [0.15, 0.2) is 55.1 Å². The Balaban J connectivity index is 1.90. The number of hydrogen-bond donors (Lipinski definition) is 3. The molecule has 8 heteroatoms. The van der Waals surface area contributed by atoms with Crippen LogP contribution in [0, 0.1) is 11.6 Å². The summed E-state index contributed by atoms with van der Waals surface area (Å²) >= 11 is 0. The summed E-state index contributed by atoms with van der Waals surface area (Å²) in [6.45, 7) is 3.74. The standard InChI is InChI=1S/C20H19F2N3O3/c1-2-10-23-20(28)15-5-3-4-6-17(15)25-18(26)9-11-24-19(27)14-8-7-13(21)12-16(14)22/h2-8,12H,1,9-11H2,(H,23,28)(H,24,27)(H,25,26). The Bertz CT molecular complexity index is 900. The molecule has 3 N–H and O–H groups in total. The molecule has 0 heterocycles. The van der Waals surface area contributed by atoms with Crippen molar-refractivity contribution in [3.05, 3.63) is 77.9 Å². The molecular formula is C20H19F2N3O3. The summed E-state index contributed by atoms with van der Waals surface area (Å²) in [6.07, 6.45) is 1.43. The van der Waals surface area contributed by atoms with Gasteiger partial charge in [-0.15, -0.1) is 6.58 Å². The first-order chi connectivity index (χ1) is 13.4. The fraction of sp³-hybridized carbons (Fsp3) is 0.150. The van der Waals surface area contributed by atoms with Crippen LogP contribution >= 0.6 is 0 Å². The molecule has 0 aliphatic heterocycles. The summed E-state index contributed by atoms with van der Waals surface area (Å²) in [5, 5.41) is 7.61. The highest BCUT2D eigenvalue weighted by Gasteiger charge is 2.14. The van der Waals surface area contributed by atoms with Crippen LogP contribution in [0.5, 0.6) is 0 Å². The smallest absolute Gasteiger partial charge is 0.254 e. The maximum Gasteiger partial charge on any atom is 0.254 e. The van der Waals surface area contributed by atoms with Crippen molar-refractivity contribution in [3.8, 4) is 0 Å². The van der Waals surface area contributed by atoms with Crippen LogP contribution in [0.4, 0.5) is 14.5 Å². The van der Waals surface area contributed by atoms with E-state index in [0.29, 0.717) is 11.8 Å². The van der Waals surface area contributed by atoms with Crippen molar-refractivity contribution >= 4 is 23.4 Å². The number of halogens is 2. The van der Waals surface area contributed by atoms with E-state index in [1.54, 1.807) is 24.3 Å². The Morgan fingerprint density at radius 2 is 1.68 bits per heavy atom. The summed E-state index contributed by atoms with van der Waals surface area (Å²) in [5.41, 5.74) is 0.297. The lowest BCUT2D eigenvalue weighted by Gasteiger charge is -2.11. The fourth-order valence-electron chi connectivity index (χ4n) is 2.32. The first-order valence-electron chi connectivity index (χ1n) is 8.43. The van der Waals surface area contributed by atoms with Gasteiger partial charge in [-0.2, -0.15) is 0 Å². The fourth-order valence-corrected chi connectivity index (χ4v) is 2.32. The van der Waals surface area contributed by atoms with Crippen molar-refractivity contribution in [2.75, 3.05) is 18.4 Å². The number of rotatable bonds is 8. The zero-order valence-electron chi connectivity index (χ0n) is 14.9. The maximum absolute atomic E-state index is 13.6. The topological polar surface area (TPSA) is 87.3 Å². The number of carbonyl (C=O) groups excluding carboxylic acids is 3. The predicted molar refractivity (Wildman–Crippen MR) is 101 cm³/mol. The van der Waals surface area contributed by atoms with E-state index < -0.39 is 23.4 Å². The Hall–Kier alpha value is -3.55. The molecule has 2 aromatic carbocycles. The van der Waals surface area contributed by atoms with E-state index in [4.69, 9.17) is 0 Å². The van der Waals surface area contributed by atoms with E-state index in [1.807, 2.05) is 0 Å². The van der Waals surface area contributed by atoms with Gasteiger partial charge in [0.1, 0.15) is 11.6 Å². The first kappa shape index (κ1) is 20.8. The van der Waals surface area contributed by atoms with Crippen LogP contribution in [0.1, 0.15) is 27.1 Å². The van der Waals surface area contributed by atoms with Crippen LogP contribution < -0.4 is 16.0 Å². The number of amides is 3. The zero-order chi connectivity index (χ0) is 20.5. The Labute approximate surface area is 160 Å². The molecule has 0 bridgehead atoms. The Kier molecular flexibility index (Phi) is 7.38. The largest absolute Gasteiger partial charge is 0.351 e. The molecule has 146 valence electrons. The number of anilines is 1. The van der Waals surface area contributed by atoms with Crippen LogP contribution in [-0.4, -0.2) is 30.8 Å². The number of benzene rings is 2. The number of carbonyl (C=O) groups is 3. The number of para-hydroxylation sites is 1. The lowest BCUT2D eigenvalue weighted by atomic mass is 10.1. The molecule has 0 saturated heterocycles. The van der Waals surface area contributed by atoms with E-state index in [-0.39, 0.29) is 36.5 Å². The van der Waals surface area contributed by atoms with Gasteiger partial charge in [-0.25, -0.2) is 8.78 Å². The summed E-state index contributed by atoms with van der Waals surface area (Å²) in [6, 6.07) is 9.07. The molecule has 0 fully saturated rings. The highest BCUT2D eigenvalue weighted by atomic mass is 19.1. The minimum atomic E-state index is -0.985. The normalized spacial score (nSPS) is 10.1. The third-order valence-electron chi connectivity index (χ3n) is 3.67. The van der Waals surface area contributed by atoms with Crippen LogP contribution in [0.2, 0.25) is 0 Å². The molecule has 0 spiro atoms. The van der Waals surface area contributed by atoms with Gasteiger partial charge in [-0.1, -0.05) is 18.2 Å². The van der Waals surface area contributed by atoms with Crippen LogP contribution in [0.3, 0.4) is 0 Å². The summed E-state index contributed by atoms with van der Waals surface area (Å²) in [7, 11) is 0. The van der Waals surface area contributed by atoms with Gasteiger partial charge >= 0.3 is 0 Å². The van der Waals surface area contributed by atoms with Crippen molar-refractivity contribution in [1.29, 1.82) is 0 Å². The number of nitrogens with one attached hydrogen (secondary N) is 3. The van der Waals surface area contributed by atoms with Gasteiger partial charge in [0, 0.05) is 25.6 Å². The second-order valence-corrected chi connectivity index (χ2v) is 5.72. The quantitative estimate of drug-likeness (QED) is 0.609. The van der Waals surface area contributed by atoms with Crippen molar-refractivity contribution < 1.29 is 23.2 Å². The third kappa shape index (κ3) is 5.73. The molecule has 0 radical (unpaired) electrons. The minimum Gasteiger partial charge on any atom is -0.351 e. The van der Waals surface area contributed by atoms with Crippen molar-refractivity contribution in [3.63, 3.8) is 0 Å². The van der Waals surface area contributed by atoms with E-state index in [0.717, 1.165) is 12.1 Å². The Morgan fingerprint density at radius 3 is 2.39 bits per heavy atom. The van der Waals surface area contributed by atoms with Crippen LogP contribution in [0.25, 0.3) is 0 Å². The average Bonchev–Trinajstić information content (AvgIpc) is 2.66. The van der Waals surface area contributed by atoms with E-state index >= 15 is 0 Å². The van der Waals surface area contributed by atoms with Crippen molar-refractivity contribution in [1.82, 2.24) is 10.6 Å². The summed E-state index contributed by atoms with van der Waals surface area (Å²) in [4.78, 5) is 36.1. The highest BCUT2D eigenvalue weighted by molar-refractivity contribution is 6.04. The lowest BCUT2D eigenvalue weighted by molar-refractivity contribution is -0.116. The highest BCUT2D eigenvalue weighted by Crippen LogP contribution is 2.15. The molecule has 0 unspecified atom stereocenters. The molecule has 28 heavy (non-hydrogen) atoms. The van der Waals surface area contributed by atoms with E-state index in [9.17, 15) is 23.2 Å². The molecule has 2 rings (SSSR count). The van der Waals surface area contributed by atoms with Crippen LogP contribution in [-0.2, 0) is 4.79 Å². The predicted octanol–water partition coefficient (Wildman–Crippen LogP) is 2.64. The molecular weight excluding hydrogens is 368 g/mol. The van der Waals surface area contributed by atoms with Crippen molar-refractivity contribution in [2.24, 2.45) is 0 Å². The number of hydrogen-bond acceptors (Lipinski definition) is 3. The molecule has 0 aliphatic carbocycles. The zero-order valence-corrected chi connectivity index (χ0v) is 14.9. The Morgan fingerprint density at radius 1 is 0.964 bits per heavy atom. The van der Waals surface area contributed by atoms with Gasteiger partial charge in [0.05, 0.1) is 16.8 Å².